The molecular formula is C18H21N3O3S. The highest BCUT2D eigenvalue weighted by Crippen LogP contribution is 2.40. The van der Waals surface area contributed by atoms with Gasteiger partial charge in [0.2, 0.25) is 10.0 Å². The van der Waals surface area contributed by atoms with E-state index in [2.05, 4.69) is 0 Å². The third kappa shape index (κ3) is 2.38. The first-order chi connectivity index (χ1) is 11.9. The summed E-state index contributed by atoms with van der Waals surface area (Å²) in [6.45, 7) is 3.29. The van der Waals surface area contributed by atoms with E-state index in [1.165, 1.54) is 4.31 Å². The van der Waals surface area contributed by atoms with E-state index < -0.39 is 10.0 Å². The van der Waals surface area contributed by atoms with Gasteiger partial charge in [-0.15, -0.1) is 0 Å². The molecule has 1 saturated heterocycles. The van der Waals surface area contributed by atoms with E-state index in [0.29, 0.717) is 30.6 Å². The van der Waals surface area contributed by atoms with Gasteiger partial charge in [0.05, 0.1) is 10.6 Å². The summed E-state index contributed by atoms with van der Waals surface area (Å²) in [6.07, 6.45) is 1.61. The summed E-state index contributed by atoms with van der Waals surface area (Å²) in [4.78, 5) is 14.5. The molecule has 0 spiro atoms. The standard InChI is InChI=1S/C18H21N3O3S/c1-2-21-15-8-9-16(13-6-3-7-14(17(13)15)18(21)22)25(23,24)20-10-4-5-12(19)11-20/h3,6-9,12H,2,4-5,10-11,19H2,1H3/t12-/m1/s1. The second kappa shape index (κ2) is 5.79. The maximum absolute atomic E-state index is 13.2. The highest BCUT2D eigenvalue weighted by atomic mass is 32.2. The number of rotatable bonds is 3. The van der Waals surface area contributed by atoms with Gasteiger partial charge in [-0.3, -0.25) is 4.79 Å². The summed E-state index contributed by atoms with van der Waals surface area (Å²) < 4.78 is 27.9. The molecular weight excluding hydrogens is 338 g/mol. The van der Waals surface area contributed by atoms with Crippen molar-refractivity contribution in [1.29, 1.82) is 0 Å². The highest BCUT2D eigenvalue weighted by molar-refractivity contribution is 7.89. The Labute approximate surface area is 147 Å². The number of hydrogen-bond acceptors (Lipinski definition) is 4. The minimum atomic E-state index is -3.65. The van der Waals surface area contributed by atoms with Crippen LogP contribution < -0.4 is 10.6 Å². The predicted molar refractivity (Wildman–Crippen MR) is 97.3 cm³/mol. The lowest BCUT2D eigenvalue weighted by molar-refractivity contribution is 0.0994. The molecule has 6 nitrogen and oxygen atoms in total. The van der Waals surface area contributed by atoms with E-state index in [1.54, 1.807) is 35.2 Å². The Bertz CT molecular complexity index is 971. The summed E-state index contributed by atoms with van der Waals surface area (Å²) in [5.74, 6) is -0.0716. The SMILES string of the molecule is CCN1C(=O)c2cccc3c(S(=O)(=O)N4CCC[C@@H](N)C4)ccc1c23. The molecule has 2 aromatic carbocycles. The van der Waals surface area contributed by atoms with Gasteiger partial charge >= 0.3 is 0 Å². The van der Waals surface area contributed by atoms with Crippen molar-refractivity contribution >= 4 is 32.4 Å². The molecule has 0 saturated carbocycles. The Hall–Kier alpha value is -1.96. The Balaban J connectivity index is 1.91. The van der Waals surface area contributed by atoms with Crippen LogP contribution in [0.25, 0.3) is 10.8 Å². The lowest BCUT2D eigenvalue weighted by Gasteiger charge is -2.30. The van der Waals surface area contributed by atoms with E-state index in [9.17, 15) is 13.2 Å². The van der Waals surface area contributed by atoms with Crippen LogP contribution in [0.3, 0.4) is 0 Å². The maximum atomic E-state index is 13.2. The second-order valence-corrected chi connectivity index (χ2v) is 8.53. The number of amides is 1. The van der Waals surface area contributed by atoms with E-state index in [-0.39, 0.29) is 16.8 Å². The molecule has 7 heteroatoms. The zero-order valence-electron chi connectivity index (χ0n) is 14.1. The quantitative estimate of drug-likeness (QED) is 0.908. The fraction of sp³-hybridized carbons (Fsp3) is 0.389. The average molecular weight is 359 g/mol. The number of nitrogens with zero attached hydrogens (tertiary/aromatic N) is 2. The number of carbonyl (C=O) groups excluding carboxylic acids is 1. The molecule has 2 aliphatic heterocycles. The summed E-state index contributed by atoms with van der Waals surface area (Å²) in [5.41, 5.74) is 7.32. The number of benzene rings is 2. The molecule has 0 aliphatic carbocycles. The molecule has 0 aromatic heterocycles. The zero-order valence-corrected chi connectivity index (χ0v) is 14.9. The van der Waals surface area contributed by atoms with Gasteiger partial charge in [-0.25, -0.2) is 8.42 Å². The van der Waals surface area contributed by atoms with Crippen molar-refractivity contribution < 1.29 is 13.2 Å². The smallest absolute Gasteiger partial charge is 0.258 e. The average Bonchev–Trinajstić information content (AvgIpc) is 2.88. The number of carbonyl (C=O) groups is 1. The van der Waals surface area contributed by atoms with Crippen molar-refractivity contribution in [3.05, 3.63) is 35.9 Å². The normalized spacial score (nSPS) is 21.3. The minimum absolute atomic E-state index is 0.0716. The van der Waals surface area contributed by atoms with Gasteiger partial charge in [-0.1, -0.05) is 12.1 Å². The molecule has 2 aliphatic rings. The van der Waals surface area contributed by atoms with Crippen molar-refractivity contribution in [3.63, 3.8) is 0 Å². The van der Waals surface area contributed by atoms with Crippen LogP contribution in [0.2, 0.25) is 0 Å². The van der Waals surface area contributed by atoms with Gasteiger partial charge in [0.25, 0.3) is 5.91 Å². The molecule has 2 heterocycles. The van der Waals surface area contributed by atoms with Crippen molar-refractivity contribution in [3.8, 4) is 0 Å². The molecule has 0 unspecified atom stereocenters. The van der Waals surface area contributed by atoms with Gasteiger partial charge in [0.15, 0.2) is 0 Å². The van der Waals surface area contributed by atoms with Crippen molar-refractivity contribution in [1.82, 2.24) is 4.31 Å². The molecule has 0 bridgehead atoms. The number of piperidine rings is 1. The van der Waals surface area contributed by atoms with Gasteiger partial charge in [0.1, 0.15) is 0 Å². The predicted octanol–water partition coefficient (Wildman–Crippen LogP) is 1.93. The molecule has 0 radical (unpaired) electrons. The Morgan fingerprint density at radius 1 is 1.24 bits per heavy atom. The molecule has 1 atom stereocenters. The summed E-state index contributed by atoms with van der Waals surface area (Å²) >= 11 is 0. The van der Waals surface area contributed by atoms with Crippen LogP contribution in [0, 0.1) is 0 Å². The van der Waals surface area contributed by atoms with Crippen LogP contribution in [-0.2, 0) is 10.0 Å². The zero-order chi connectivity index (χ0) is 17.8. The Kier molecular flexibility index (Phi) is 3.82. The number of hydrogen-bond donors (Lipinski definition) is 1. The van der Waals surface area contributed by atoms with E-state index >= 15 is 0 Å². The first kappa shape index (κ1) is 16.5. The Morgan fingerprint density at radius 2 is 2.04 bits per heavy atom. The second-order valence-electron chi connectivity index (χ2n) is 6.63. The van der Waals surface area contributed by atoms with Crippen LogP contribution in [0.4, 0.5) is 5.69 Å². The highest BCUT2D eigenvalue weighted by Gasteiger charge is 2.34. The van der Waals surface area contributed by atoms with Crippen LogP contribution >= 0.6 is 0 Å². The minimum Gasteiger partial charge on any atom is -0.327 e. The molecule has 132 valence electrons. The van der Waals surface area contributed by atoms with E-state index in [4.69, 9.17) is 5.73 Å². The van der Waals surface area contributed by atoms with Gasteiger partial charge < -0.3 is 10.6 Å². The van der Waals surface area contributed by atoms with Crippen LogP contribution in [0.5, 0.6) is 0 Å². The monoisotopic (exact) mass is 359 g/mol. The first-order valence-electron chi connectivity index (χ1n) is 8.58. The summed E-state index contributed by atoms with van der Waals surface area (Å²) in [7, 11) is -3.65. The van der Waals surface area contributed by atoms with Crippen LogP contribution in [0.1, 0.15) is 30.1 Å². The lowest BCUT2D eigenvalue weighted by atomic mass is 10.1. The lowest BCUT2D eigenvalue weighted by Crippen LogP contribution is -2.45. The maximum Gasteiger partial charge on any atom is 0.258 e. The number of sulfonamides is 1. The van der Waals surface area contributed by atoms with Crippen LogP contribution in [-0.4, -0.2) is 44.3 Å². The van der Waals surface area contributed by atoms with Crippen molar-refractivity contribution in [2.75, 3.05) is 24.5 Å². The molecule has 2 N–H and O–H groups in total. The first-order valence-corrected chi connectivity index (χ1v) is 10.0. The van der Waals surface area contributed by atoms with E-state index in [0.717, 1.165) is 23.9 Å². The number of anilines is 1. The van der Waals surface area contributed by atoms with E-state index in [1.807, 2.05) is 6.92 Å². The molecule has 25 heavy (non-hydrogen) atoms. The number of nitrogens with two attached hydrogens (primary N) is 1. The van der Waals surface area contributed by atoms with Gasteiger partial charge in [-0.05, 0) is 38.0 Å². The molecule has 4 rings (SSSR count). The summed E-state index contributed by atoms with van der Waals surface area (Å²) in [6, 6.07) is 8.54. The molecule has 2 aromatic rings. The molecule has 1 amide bonds. The third-order valence-electron chi connectivity index (χ3n) is 5.10. The van der Waals surface area contributed by atoms with Gasteiger partial charge in [0, 0.05) is 42.0 Å². The Morgan fingerprint density at radius 3 is 2.76 bits per heavy atom. The molecule has 1 fully saturated rings. The largest absolute Gasteiger partial charge is 0.327 e. The summed E-state index contributed by atoms with van der Waals surface area (Å²) in [5, 5.41) is 1.34. The van der Waals surface area contributed by atoms with Crippen molar-refractivity contribution in [2.45, 2.75) is 30.7 Å². The van der Waals surface area contributed by atoms with Gasteiger partial charge in [-0.2, -0.15) is 4.31 Å². The van der Waals surface area contributed by atoms with Crippen LogP contribution in [0.15, 0.2) is 35.2 Å². The topological polar surface area (TPSA) is 83.7 Å². The third-order valence-corrected chi connectivity index (χ3v) is 7.02. The fourth-order valence-corrected chi connectivity index (χ4v) is 5.61. The fourth-order valence-electron chi connectivity index (χ4n) is 3.89. The van der Waals surface area contributed by atoms with Crippen molar-refractivity contribution in [2.24, 2.45) is 5.73 Å².